The van der Waals surface area contributed by atoms with Crippen LogP contribution in [-0.4, -0.2) is 48.6 Å². The normalized spacial score (nSPS) is 11.5. The fourth-order valence-corrected chi connectivity index (χ4v) is 5.53. The Morgan fingerprint density at radius 3 is 2.65 bits per heavy atom. The van der Waals surface area contributed by atoms with Gasteiger partial charge in [0.05, 0.1) is 34.8 Å². The van der Waals surface area contributed by atoms with Crippen molar-refractivity contribution < 1.29 is 22.7 Å². The molecule has 1 amide bonds. The van der Waals surface area contributed by atoms with Crippen molar-refractivity contribution in [1.29, 1.82) is 0 Å². The molecule has 9 nitrogen and oxygen atoms in total. The highest BCUT2D eigenvalue weighted by Gasteiger charge is 2.19. The van der Waals surface area contributed by atoms with Gasteiger partial charge in [-0.15, -0.1) is 0 Å². The topological polar surface area (TPSA) is 112 Å². The Labute approximate surface area is 201 Å². The zero-order chi connectivity index (χ0) is 24.3. The van der Waals surface area contributed by atoms with Gasteiger partial charge < -0.3 is 14.8 Å². The first-order valence-corrected chi connectivity index (χ1v) is 13.0. The Hall–Kier alpha value is -3.44. The minimum Gasteiger partial charge on any atom is -0.497 e. The van der Waals surface area contributed by atoms with Crippen LogP contribution in [0.1, 0.15) is 19.0 Å². The number of nitrogens with one attached hydrogen (secondary N) is 1. The van der Waals surface area contributed by atoms with Gasteiger partial charge in [-0.2, -0.15) is 9.78 Å². The summed E-state index contributed by atoms with van der Waals surface area (Å²) in [4.78, 5) is 17.4. The number of anilines is 1. The highest BCUT2D eigenvalue weighted by Crippen LogP contribution is 2.32. The summed E-state index contributed by atoms with van der Waals surface area (Å²) in [5, 5.41) is 7.79. The number of hydrogen-bond acceptors (Lipinski definition) is 8. The number of carbonyl (C=O) groups is 1. The van der Waals surface area contributed by atoms with Crippen LogP contribution in [0.4, 0.5) is 5.82 Å². The molecule has 11 heteroatoms. The number of benzene rings is 2. The Kier molecular flexibility index (Phi) is 6.85. The SMILES string of the molecule is CCOc1cccc2sc(-n3nc(C)cc3NC(=O)CCS(=O)(=O)c3ccc(OC)cc3)nc12. The molecule has 178 valence electrons. The highest BCUT2D eigenvalue weighted by atomic mass is 32.2. The van der Waals surface area contributed by atoms with E-state index in [-0.39, 0.29) is 17.1 Å². The molecule has 2 aromatic carbocycles. The average molecular weight is 501 g/mol. The van der Waals surface area contributed by atoms with Crippen LogP contribution >= 0.6 is 11.3 Å². The lowest BCUT2D eigenvalue weighted by Crippen LogP contribution is -2.19. The van der Waals surface area contributed by atoms with Gasteiger partial charge in [-0.05, 0) is 50.2 Å². The van der Waals surface area contributed by atoms with Gasteiger partial charge in [0, 0.05) is 12.5 Å². The fraction of sp³-hybridized carbons (Fsp3) is 0.261. The second-order valence-corrected chi connectivity index (χ2v) is 10.5. The zero-order valence-corrected chi connectivity index (χ0v) is 20.6. The summed E-state index contributed by atoms with van der Waals surface area (Å²) < 4.78 is 38.4. The number of aromatic nitrogens is 3. The minimum atomic E-state index is -3.62. The number of para-hydroxylation sites is 1. The molecule has 4 aromatic rings. The Balaban J connectivity index is 1.50. The number of carbonyl (C=O) groups excluding carboxylic acids is 1. The van der Waals surface area contributed by atoms with E-state index in [9.17, 15) is 13.2 Å². The van der Waals surface area contributed by atoms with Crippen molar-refractivity contribution in [3.05, 3.63) is 54.2 Å². The number of fused-ring (bicyclic) bond motifs is 1. The zero-order valence-electron chi connectivity index (χ0n) is 18.9. The smallest absolute Gasteiger partial charge is 0.226 e. The van der Waals surface area contributed by atoms with E-state index in [1.54, 1.807) is 29.8 Å². The molecule has 2 heterocycles. The van der Waals surface area contributed by atoms with E-state index in [4.69, 9.17) is 9.47 Å². The predicted octanol–water partition coefficient (Wildman–Crippen LogP) is 4.00. The maximum Gasteiger partial charge on any atom is 0.226 e. The number of amides is 1. The van der Waals surface area contributed by atoms with Gasteiger partial charge in [-0.3, -0.25) is 4.79 Å². The van der Waals surface area contributed by atoms with Gasteiger partial charge in [0.15, 0.2) is 9.84 Å². The molecule has 0 fully saturated rings. The third-order valence-electron chi connectivity index (χ3n) is 4.97. The molecule has 4 rings (SSSR count). The van der Waals surface area contributed by atoms with Gasteiger partial charge in [-0.25, -0.2) is 13.4 Å². The van der Waals surface area contributed by atoms with Crippen LogP contribution in [0.3, 0.4) is 0 Å². The maximum absolute atomic E-state index is 12.6. The van der Waals surface area contributed by atoms with Crippen LogP contribution in [0.25, 0.3) is 15.3 Å². The number of methoxy groups -OCH3 is 1. The number of ether oxygens (including phenoxy) is 2. The summed E-state index contributed by atoms with van der Waals surface area (Å²) in [6.45, 7) is 4.23. The number of hydrogen-bond donors (Lipinski definition) is 1. The van der Waals surface area contributed by atoms with E-state index >= 15 is 0 Å². The van der Waals surface area contributed by atoms with Crippen molar-refractivity contribution >= 4 is 43.1 Å². The fourth-order valence-electron chi connectivity index (χ4n) is 3.34. The molecule has 0 unspecified atom stereocenters. The molecule has 34 heavy (non-hydrogen) atoms. The van der Waals surface area contributed by atoms with E-state index in [2.05, 4.69) is 15.4 Å². The summed E-state index contributed by atoms with van der Waals surface area (Å²) in [6.07, 6.45) is -0.201. The van der Waals surface area contributed by atoms with Crippen molar-refractivity contribution in [3.8, 4) is 16.6 Å². The van der Waals surface area contributed by atoms with E-state index in [1.807, 2.05) is 25.1 Å². The first kappa shape index (κ1) is 23.7. The van der Waals surface area contributed by atoms with Crippen LogP contribution in [0.2, 0.25) is 0 Å². The summed E-state index contributed by atoms with van der Waals surface area (Å²) in [7, 11) is -2.11. The number of thiazole rings is 1. The Morgan fingerprint density at radius 2 is 1.94 bits per heavy atom. The molecule has 0 saturated carbocycles. The van der Waals surface area contributed by atoms with Gasteiger partial charge >= 0.3 is 0 Å². The average Bonchev–Trinajstić information content (AvgIpc) is 3.41. The van der Waals surface area contributed by atoms with Gasteiger partial charge in [-0.1, -0.05) is 17.4 Å². The standard InChI is InChI=1S/C23H24N4O5S2/c1-4-32-18-6-5-7-19-22(18)25-23(33-19)27-20(14-15(2)26-27)24-21(28)12-13-34(29,30)17-10-8-16(31-3)9-11-17/h5-11,14H,4,12-13H2,1-3H3,(H,24,28). The lowest BCUT2D eigenvalue weighted by Gasteiger charge is -2.08. The monoisotopic (exact) mass is 500 g/mol. The molecule has 0 aliphatic rings. The first-order chi connectivity index (χ1) is 16.3. The summed E-state index contributed by atoms with van der Waals surface area (Å²) in [5.41, 5.74) is 1.41. The predicted molar refractivity (Wildman–Crippen MR) is 131 cm³/mol. The first-order valence-electron chi connectivity index (χ1n) is 10.6. The van der Waals surface area contributed by atoms with Crippen LogP contribution < -0.4 is 14.8 Å². The van der Waals surface area contributed by atoms with Crippen LogP contribution in [0, 0.1) is 6.92 Å². The summed E-state index contributed by atoms with van der Waals surface area (Å²) >= 11 is 1.41. The summed E-state index contributed by atoms with van der Waals surface area (Å²) in [6, 6.07) is 13.5. The van der Waals surface area contributed by atoms with E-state index in [1.165, 1.54) is 30.6 Å². The molecule has 0 aliphatic carbocycles. The van der Waals surface area contributed by atoms with Crippen molar-refractivity contribution in [3.63, 3.8) is 0 Å². The molecular formula is C23H24N4O5S2. The molecule has 0 atom stereocenters. The van der Waals surface area contributed by atoms with Crippen LogP contribution in [-0.2, 0) is 14.6 Å². The quantitative estimate of drug-likeness (QED) is 0.370. The Bertz CT molecular complexity index is 1430. The van der Waals surface area contributed by atoms with Crippen LogP contribution in [0.15, 0.2) is 53.4 Å². The van der Waals surface area contributed by atoms with Gasteiger partial charge in [0.2, 0.25) is 11.0 Å². The van der Waals surface area contributed by atoms with Crippen molar-refractivity contribution in [2.24, 2.45) is 0 Å². The molecule has 0 aliphatic heterocycles. The van der Waals surface area contributed by atoms with Crippen molar-refractivity contribution in [2.75, 3.05) is 24.8 Å². The van der Waals surface area contributed by atoms with Gasteiger partial charge in [0.1, 0.15) is 22.8 Å². The number of sulfone groups is 1. The van der Waals surface area contributed by atoms with Crippen molar-refractivity contribution in [2.45, 2.75) is 25.2 Å². The van der Waals surface area contributed by atoms with E-state index in [0.717, 1.165) is 10.2 Å². The van der Waals surface area contributed by atoms with Crippen molar-refractivity contribution in [1.82, 2.24) is 14.8 Å². The largest absolute Gasteiger partial charge is 0.497 e. The molecule has 0 radical (unpaired) electrons. The molecule has 2 aromatic heterocycles. The molecule has 0 bridgehead atoms. The maximum atomic E-state index is 12.6. The highest BCUT2D eigenvalue weighted by molar-refractivity contribution is 7.91. The number of rotatable bonds is 9. The lowest BCUT2D eigenvalue weighted by molar-refractivity contribution is -0.115. The number of nitrogens with zero attached hydrogens (tertiary/aromatic N) is 3. The van der Waals surface area contributed by atoms with E-state index in [0.29, 0.717) is 34.7 Å². The summed E-state index contributed by atoms with van der Waals surface area (Å²) in [5.74, 6) is 0.900. The van der Waals surface area contributed by atoms with E-state index < -0.39 is 15.7 Å². The third kappa shape index (κ3) is 5.05. The molecule has 1 N–H and O–H groups in total. The second-order valence-electron chi connectivity index (χ2n) is 7.41. The number of aryl methyl sites for hydroxylation is 1. The second kappa shape index (κ2) is 9.82. The minimum absolute atomic E-state index is 0.140. The third-order valence-corrected chi connectivity index (χ3v) is 7.70. The Morgan fingerprint density at radius 1 is 1.18 bits per heavy atom. The van der Waals surface area contributed by atoms with Gasteiger partial charge in [0.25, 0.3) is 0 Å². The molecule has 0 spiro atoms. The van der Waals surface area contributed by atoms with Crippen LogP contribution in [0.5, 0.6) is 11.5 Å². The lowest BCUT2D eigenvalue weighted by atomic mass is 10.3. The molecule has 0 saturated heterocycles. The molecular weight excluding hydrogens is 476 g/mol.